The van der Waals surface area contributed by atoms with Gasteiger partial charge in [-0.3, -0.25) is 9.69 Å². The molecule has 0 saturated carbocycles. The summed E-state index contributed by atoms with van der Waals surface area (Å²) < 4.78 is 5.46. The van der Waals surface area contributed by atoms with Crippen molar-refractivity contribution in [3.05, 3.63) is 35.9 Å². The number of carbonyl (C=O) groups is 2. The van der Waals surface area contributed by atoms with Crippen LogP contribution in [0.1, 0.15) is 12.0 Å². The van der Waals surface area contributed by atoms with Crippen LogP contribution in [0.5, 0.6) is 0 Å². The van der Waals surface area contributed by atoms with Gasteiger partial charge in [-0.05, 0) is 17.7 Å². The zero-order valence-corrected chi connectivity index (χ0v) is 13.6. The number of nitrogens with one attached hydrogen (secondary N) is 1. The third kappa shape index (κ3) is 3.52. The Bertz CT molecular complexity index is 575. The Morgan fingerprint density at radius 3 is 2.83 bits per heavy atom. The van der Waals surface area contributed by atoms with E-state index in [-0.39, 0.29) is 19.1 Å². The number of thioether (sulfide) groups is 1. The van der Waals surface area contributed by atoms with E-state index in [1.165, 1.54) is 0 Å². The summed E-state index contributed by atoms with van der Waals surface area (Å²) in [7, 11) is 0. The van der Waals surface area contributed by atoms with Crippen LogP contribution in [0.4, 0.5) is 4.79 Å². The van der Waals surface area contributed by atoms with Gasteiger partial charge in [-0.25, -0.2) is 4.79 Å². The van der Waals surface area contributed by atoms with E-state index in [0.29, 0.717) is 18.8 Å². The van der Waals surface area contributed by atoms with Gasteiger partial charge in [-0.15, -0.1) is 0 Å². The molecule has 0 unspecified atom stereocenters. The Morgan fingerprint density at radius 2 is 2.13 bits per heavy atom. The molecular weight excluding hydrogens is 316 g/mol. The number of nitrogens with zero attached hydrogens (tertiary/aromatic N) is 1. The molecular formula is C16H20N2O4S. The zero-order valence-electron chi connectivity index (χ0n) is 12.7. The fraction of sp³-hybridized carbons (Fsp3) is 0.500. The van der Waals surface area contributed by atoms with E-state index < -0.39 is 17.7 Å². The first kappa shape index (κ1) is 16.3. The van der Waals surface area contributed by atoms with E-state index in [2.05, 4.69) is 5.32 Å². The Labute approximate surface area is 139 Å². The highest BCUT2D eigenvalue weighted by atomic mass is 32.2. The molecule has 3 rings (SSSR count). The number of rotatable bonds is 6. The highest BCUT2D eigenvalue weighted by Gasteiger charge is 2.53. The third-order valence-electron chi connectivity index (χ3n) is 4.08. The maximum absolute atomic E-state index is 12.4. The molecule has 2 heterocycles. The lowest BCUT2D eigenvalue weighted by Crippen LogP contribution is -2.47. The summed E-state index contributed by atoms with van der Waals surface area (Å²) in [6.45, 7) is 0.429. The lowest BCUT2D eigenvalue weighted by molar-refractivity contribution is -0.131. The van der Waals surface area contributed by atoms with Gasteiger partial charge in [0.15, 0.2) is 0 Å². The van der Waals surface area contributed by atoms with Crippen molar-refractivity contribution in [1.29, 1.82) is 0 Å². The molecule has 7 heteroatoms. The molecule has 0 aromatic heterocycles. The molecule has 2 atom stereocenters. The number of hydrogen-bond acceptors (Lipinski definition) is 5. The number of amides is 3. The summed E-state index contributed by atoms with van der Waals surface area (Å²) in [4.78, 5) is 25.6. The number of urea groups is 1. The molecule has 0 aliphatic carbocycles. The van der Waals surface area contributed by atoms with Gasteiger partial charge in [0, 0.05) is 5.75 Å². The molecule has 2 aliphatic heterocycles. The third-order valence-corrected chi connectivity index (χ3v) is 5.27. The fourth-order valence-electron chi connectivity index (χ4n) is 2.82. The molecule has 0 bridgehead atoms. The summed E-state index contributed by atoms with van der Waals surface area (Å²) in [5.74, 6) is 1.24. The van der Waals surface area contributed by atoms with Crippen LogP contribution >= 0.6 is 11.8 Å². The second-order valence-corrected chi connectivity index (χ2v) is 6.99. The maximum Gasteiger partial charge on any atom is 0.325 e. The van der Waals surface area contributed by atoms with E-state index in [1.54, 1.807) is 11.8 Å². The van der Waals surface area contributed by atoms with Crippen LogP contribution in [0.15, 0.2) is 30.3 Å². The second kappa shape index (κ2) is 6.90. The monoisotopic (exact) mass is 336 g/mol. The molecule has 2 fully saturated rings. The molecule has 2 N–H and O–H groups in total. The minimum absolute atomic E-state index is 0.0358. The van der Waals surface area contributed by atoms with Gasteiger partial charge in [0.05, 0.1) is 25.9 Å². The van der Waals surface area contributed by atoms with Crippen LogP contribution in [0.25, 0.3) is 0 Å². The highest BCUT2D eigenvalue weighted by molar-refractivity contribution is 7.99. The largest absolute Gasteiger partial charge is 0.389 e. The number of benzene rings is 1. The summed E-state index contributed by atoms with van der Waals surface area (Å²) in [6.07, 6.45) is -0.239. The predicted octanol–water partition coefficient (Wildman–Crippen LogP) is 0.992. The van der Waals surface area contributed by atoms with Crippen molar-refractivity contribution >= 4 is 23.7 Å². The molecule has 2 aliphatic rings. The Kier molecular flexibility index (Phi) is 4.89. The van der Waals surface area contributed by atoms with Crippen LogP contribution in [0.2, 0.25) is 0 Å². The highest BCUT2D eigenvalue weighted by Crippen LogP contribution is 2.33. The average molecular weight is 336 g/mol. The van der Waals surface area contributed by atoms with Crippen molar-refractivity contribution in [2.45, 2.75) is 24.7 Å². The van der Waals surface area contributed by atoms with E-state index >= 15 is 0 Å². The maximum atomic E-state index is 12.4. The molecule has 1 aromatic rings. The number of ether oxygens (including phenoxy) is 1. The minimum atomic E-state index is -0.891. The summed E-state index contributed by atoms with van der Waals surface area (Å²) >= 11 is 1.66. The van der Waals surface area contributed by atoms with Crippen molar-refractivity contribution in [1.82, 2.24) is 10.2 Å². The van der Waals surface area contributed by atoms with Crippen LogP contribution in [-0.2, 0) is 16.1 Å². The topological polar surface area (TPSA) is 78.9 Å². The van der Waals surface area contributed by atoms with Gasteiger partial charge in [-0.1, -0.05) is 30.3 Å². The SMILES string of the molecule is O=C1N[C@]2(CCSC2)C(=O)N1C[C@@H](O)COCc1ccccc1. The number of β-amino-alcohol motifs (C(OH)–C–C–N with tert-alkyl or cyclic N) is 1. The Balaban J connectivity index is 1.49. The number of imide groups is 1. The van der Waals surface area contributed by atoms with Crippen molar-refractivity contribution in [2.75, 3.05) is 24.7 Å². The molecule has 3 amide bonds. The van der Waals surface area contributed by atoms with Gasteiger partial charge in [0.2, 0.25) is 0 Å². The molecule has 0 radical (unpaired) electrons. The van der Waals surface area contributed by atoms with Crippen molar-refractivity contribution in [3.8, 4) is 0 Å². The number of aliphatic hydroxyl groups is 1. The molecule has 1 spiro atoms. The van der Waals surface area contributed by atoms with E-state index in [4.69, 9.17) is 4.74 Å². The number of aliphatic hydroxyl groups excluding tert-OH is 1. The number of carbonyl (C=O) groups excluding carboxylic acids is 2. The molecule has 2 saturated heterocycles. The minimum Gasteiger partial charge on any atom is -0.389 e. The van der Waals surface area contributed by atoms with Crippen molar-refractivity contribution < 1.29 is 19.4 Å². The smallest absolute Gasteiger partial charge is 0.325 e. The van der Waals surface area contributed by atoms with E-state index in [9.17, 15) is 14.7 Å². The second-order valence-electron chi connectivity index (χ2n) is 5.89. The molecule has 23 heavy (non-hydrogen) atoms. The Hall–Kier alpha value is -1.57. The van der Waals surface area contributed by atoms with Gasteiger partial charge in [0.25, 0.3) is 5.91 Å². The first-order valence-electron chi connectivity index (χ1n) is 7.62. The van der Waals surface area contributed by atoms with Crippen LogP contribution in [-0.4, -0.2) is 58.2 Å². The van der Waals surface area contributed by atoms with Crippen molar-refractivity contribution in [3.63, 3.8) is 0 Å². The molecule has 124 valence electrons. The average Bonchev–Trinajstić information content (AvgIpc) is 3.10. The van der Waals surface area contributed by atoms with E-state index in [0.717, 1.165) is 16.2 Å². The molecule has 6 nitrogen and oxygen atoms in total. The van der Waals surface area contributed by atoms with Crippen LogP contribution in [0.3, 0.4) is 0 Å². The first-order chi connectivity index (χ1) is 11.1. The lowest BCUT2D eigenvalue weighted by Gasteiger charge is -2.21. The lowest BCUT2D eigenvalue weighted by atomic mass is 9.99. The summed E-state index contributed by atoms with van der Waals surface area (Å²) in [5, 5.41) is 12.8. The van der Waals surface area contributed by atoms with Gasteiger partial charge in [-0.2, -0.15) is 11.8 Å². The number of hydrogen-bond donors (Lipinski definition) is 2. The van der Waals surface area contributed by atoms with Gasteiger partial charge in [0.1, 0.15) is 5.54 Å². The fourth-order valence-corrected chi connectivity index (χ4v) is 4.15. The van der Waals surface area contributed by atoms with Crippen LogP contribution in [0, 0.1) is 0 Å². The quantitative estimate of drug-likeness (QED) is 0.758. The standard InChI is InChI=1S/C16H20N2O4S/c19-13(10-22-9-12-4-2-1-3-5-12)8-18-14(20)16(17-15(18)21)6-7-23-11-16/h1-5,13,19H,6-11H2,(H,17,21)/t13-,16+/m1/s1. The van der Waals surface area contributed by atoms with Crippen LogP contribution < -0.4 is 5.32 Å². The Morgan fingerprint density at radius 1 is 1.35 bits per heavy atom. The zero-order chi connectivity index (χ0) is 16.3. The normalized spacial score (nSPS) is 25.2. The van der Waals surface area contributed by atoms with Gasteiger partial charge >= 0.3 is 6.03 Å². The first-order valence-corrected chi connectivity index (χ1v) is 8.78. The van der Waals surface area contributed by atoms with Gasteiger partial charge < -0.3 is 15.2 Å². The van der Waals surface area contributed by atoms with Crippen molar-refractivity contribution in [2.24, 2.45) is 0 Å². The summed E-state index contributed by atoms with van der Waals surface area (Å²) in [6, 6.07) is 9.21. The molecule has 1 aromatic carbocycles. The predicted molar refractivity (Wildman–Crippen MR) is 87.0 cm³/mol. The summed E-state index contributed by atoms with van der Waals surface area (Å²) in [5.41, 5.74) is 0.253. The van der Waals surface area contributed by atoms with E-state index in [1.807, 2.05) is 30.3 Å².